The van der Waals surface area contributed by atoms with Crippen LogP contribution in [0.1, 0.15) is 29.3 Å². The lowest BCUT2D eigenvalue weighted by Gasteiger charge is -2.20. The van der Waals surface area contributed by atoms with E-state index in [2.05, 4.69) is 11.1 Å². The van der Waals surface area contributed by atoms with E-state index < -0.39 is 7.12 Å². The predicted octanol–water partition coefficient (Wildman–Crippen LogP) is 4.64. The van der Waals surface area contributed by atoms with E-state index in [4.69, 9.17) is 18.8 Å². The fraction of sp³-hybridized carbons (Fsp3) is 0.192. The number of ether oxygens (including phenoxy) is 2. The molecule has 0 radical (unpaired) electrons. The fourth-order valence-electron chi connectivity index (χ4n) is 4.20. The number of hydrogen-bond donors (Lipinski definition) is 2. The second-order valence-corrected chi connectivity index (χ2v) is 8.44. The summed E-state index contributed by atoms with van der Waals surface area (Å²) in [6.07, 6.45) is 6.00. The quantitative estimate of drug-likeness (QED) is 0.519. The van der Waals surface area contributed by atoms with Gasteiger partial charge in [-0.3, -0.25) is 4.98 Å². The lowest BCUT2D eigenvalue weighted by molar-refractivity contribution is 0.124. The Balaban J connectivity index is 1.29. The summed E-state index contributed by atoms with van der Waals surface area (Å²) in [7, 11) is 0.621. The third kappa shape index (κ3) is 5.14. The SMILES string of the molecule is Cc1cc(Oc2cccc3c2CC[C@H]3Oc2ccc(B3OC(O)=CN(C)/C=C(/O)O3)cc2)ccn1. The van der Waals surface area contributed by atoms with E-state index in [1.54, 1.807) is 25.4 Å². The van der Waals surface area contributed by atoms with Crippen molar-refractivity contribution in [1.29, 1.82) is 0 Å². The predicted molar refractivity (Wildman–Crippen MR) is 130 cm³/mol. The molecule has 1 atom stereocenters. The lowest BCUT2D eigenvalue weighted by Crippen LogP contribution is -2.37. The molecule has 178 valence electrons. The number of hydrogen-bond acceptors (Lipinski definition) is 8. The number of rotatable bonds is 5. The molecule has 0 bridgehead atoms. The first kappa shape index (κ1) is 22.5. The zero-order valence-electron chi connectivity index (χ0n) is 19.4. The third-order valence-electron chi connectivity index (χ3n) is 5.78. The Bertz CT molecular complexity index is 1260. The molecule has 0 saturated carbocycles. The molecule has 1 aliphatic heterocycles. The van der Waals surface area contributed by atoms with Crippen molar-refractivity contribution in [3.05, 3.63) is 102 Å². The Labute approximate surface area is 203 Å². The summed E-state index contributed by atoms with van der Waals surface area (Å²) in [5.74, 6) is 1.62. The minimum Gasteiger partial charge on any atom is -0.494 e. The number of pyridine rings is 1. The average molecular weight is 472 g/mol. The summed E-state index contributed by atoms with van der Waals surface area (Å²) in [5, 5.41) is 19.9. The summed E-state index contributed by atoms with van der Waals surface area (Å²) in [5.41, 5.74) is 3.77. The molecule has 0 saturated heterocycles. The van der Waals surface area contributed by atoms with Gasteiger partial charge in [-0.1, -0.05) is 24.3 Å². The van der Waals surface area contributed by atoms with Gasteiger partial charge in [0.05, 0.1) is 12.4 Å². The molecule has 5 rings (SSSR count). The molecule has 35 heavy (non-hydrogen) atoms. The monoisotopic (exact) mass is 472 g/mol. The minimum atomic E-state index is -1.01. The van der Waals surface area contributed by atoms with Gasteiger partial charge in [0, 0.05) is 36.0 Å². The molecule has 2 aromatic carbocycles. The molecule has 8 nitrogen and oxygen atoms in total. The summed E-state index contributed by atoms with van der Waals surface area (Å²) >= 11 is 0. The van der Waals surface area contributed by atoms with Gasteiger partial charge >= 0.3 is 7.12 Å². The third-order valence-corrected chi connectivity index (χ3v) is 5.78. The lowest BCUT2D eigenvalue weighted by atomic mass is 9.79. The zero-order valence-corrected chi connectivity index (χ0v) is 19.4. The van der Waals surface area contributed by atoms with Gasteiger partial charge in [-0.05, 0) is 49.6 Å². The summed E-state index contributed by atoms with van der Waals surface area (Å²) < 4.78 is 23.2. The van der Waals surface area contributed by atoms with E-state index >= 15 is 0 Å². The molecule has 2 aliphatic rings. The molecule has 0 amide bonds. The van der Waals surface area contributed by atoms with Gasteiger partial charge in [-0.2, -0.15) is 0 Å². The van der Waals surface area contributed by atoms with Crippen LogP contribution in [0, 0.1) is 6.92 Å². The zero-order chi connectivity index (χ0) is 24.4. The van der Waals surface area contributed by atoms with E-state index in [0.29, 0.717) is 11.2 Å². The molecule has 0 fully saturated rings. The molecule has 2 heterocycles. The molecule has 0 spiro atoms. The van der Waals surface area contributed by atoms with Crippen LogP contribution in [0.5, 0.6) is 17.2 Å². The van der Waals surface area contributed by atoms with Crippen molar-refractivity contribution in [2.45, 2.75) is 25.9 Å². The van der Waals surface area contributed by atoms with E-state index in [1.165, 1.54) is 17.3 Å². The molecule has 0 unspecified atom stereocenters. The summed E-state index contributed by atoms with van der Waals surface area (Å²) in [6.45, 7) is 1.93. The Kier molecular flexibility index (Phi) is 6.14. The molecule has 3 aromatic rings. The second-order valence-electron chi connectivity index (χ2n) is 8.44. The molecular weight excluding hydrogens is 447 g/mol. The standard InChI is InChI=1S/C26H25BN2O6/c1-17-14-20(12-13-28-17)33-23-5-3-4-21-22(23)10-11-24(21)32-19-8-6-18(7-9-19)27-34-25(30)15-29(2)16-26(31)35-27/h3-9,12-16,24,30-31H,10-11H2,1-2H3/b25-15-,26-16?/t24-/m1/s1. The Morgan fingerprint density at radius 2 is 1.74 bits per heavy atom. The van der Waals surface area contributed by atoms with Crippen LogP contribution in [-0.2, 0) is 15.7 Å². The van der Waals surface area contributed by atoms with Crippen LogP contribution in [0.4, 0.5) is 0 Å². The average Bonchev–Trinajstić information content (AvgIpc) is 3.22. The van der Waals surface area contributed by atoms with Crippen LogP contribution < -0.4 is 14.9 Å². The van der Waals surface area contributed by atoms with Crippen molar-refractivity contribution in [2.24, 2.45) is 0 Å². The molecular formula is C26H25BN2O6. The van der Waals surface area contributed by atoms with Crippen LogP contribution in [0.3, 0.4) is 0 Å². The Hall–Kier alpha value is -4.27. The first-order valence-corrected chi connectivity index (χ1v) is 11.3. The van der Waals surface area contributed by atoms with E-state index in [9.17, 15) is 10.2 Å². The smallest absolute Gasteiger partial charge is 0.494 e. The largest absolute Gasteiger partial charge is 0.636 e. The maximum Gasteiger partial charge on any atom is 0.636 e. The van der Waals surface area contributed by atoms with E-state index in [0.717, 1.165) is 41.2 Å². The molecule has 1 aliphatic carbocycles. The molecule has 2 N–H and O–H groups in total. The van der Waals surface area contributed by atoms with Gasteiger partial charge in [0.2, 0.25) is 0 Å². The number of aryl methyl sites for hydroxylation is 1. The van der Waals surface area contributed by atoms with Crippen LogP contribution >= 0.6 is 0 Å². The van der Waals surface area contributed by atoms with Gasteiger partial charge < -0.3 is 33.9 Å². The van der Waals surface area contributed by atoms with E-state index in [1.807, 2.05) is 43.3 Å². The normalized spacial score (nSPS) is 18.7. The van der Waals surface area contributed by atoms with Gasteiger partial charge in [-0.25, -0.2) is 0 Å². The van der Waals surface area contributed by atoms with Crippen molar-refractivity contribution in [2.75, 3.05) is 7.05 Å². The summed E-state index contributed by atoms with van der Waals surface area (Å²) in [4.78, 5) is 5.64. The number of aliphatic hydroxyl groups excluding tert-OH is 2. The number of aliphatic hydroxyl groups is 2. The minimum absolute atomic E-state index is 0.0954. The fourth-order valence-corrected chi connectivity index (χ4v) is 4.20. The molecule has 9 heteroatoms. The van der Waals surface area contributed by atoms with Gasteiger partial charge in [0.25, 0.3) is 11.9 Å². The first-order valence-electron chi connectivity index (χ1n) is 11.3. The Morgan fingerprint density at radius 3 is 2.46 bits per heavy atom. The van der Waals surface area contributed by atoms with Gasteiger partial charge in [0.1, 0.15) is 23.4 Å². The van der Waals surface area contributed by atoms with Crippen molar-refractivity contribution in [3.8, 4) is 17.2 Å². The first-order chi connectivity index (χ1) is 16.9. The number of fused-ring (bicyclic) bond motifs is 1. The van der Waals surface area contributed by atoms with Crippen molar-refractivity contribution >= 4 is 12.6 Å². The number of aromatic nitrogens is 1. The van der Waals surface area contributed by atoms with Gasteiger partial charge in [0.15, 0.2) is 0 Å². The summed E-state index contributed by atoms with van der Waals surface area (Å²) in [6, 6.07) is 17.0. The molecule has 1 aromatic heterocycles. The van der Waals surface area contributed by atoms with Crippen molar-refractivity contribution in [3.63, 3.8) is 0 Å². The maximum absolute atomic E-state index is 9.94. The maximum atomic E-state index is 9.94. The van der Waals surface area contributed by atoms with Crippen molar-refractivity contribution < 1.29 is 29.0 Å². The second kappa shape index (κ2) is 9.54. The highest BCUT2D eigenvalue weighted by Gasteiger charge is 2.31. The topological polar surface area (TPSA) is 93.5 Å². The van der Waals surface area contributed by atoms with Crippen LogP contribution in [0.15, 0.2) is 85.1 Å². The van der Waals surface area contributed by atoms with Crippen molar-refractivity contribution in [1.82, 2.24) is 9.88 Å². The van der Waals surface area contributed by atoms with Crippen LogP contribution in [-0.4, -0.2) is 34.3 Å². The highest BCUT2D eigenvalue weighted by atomic mass is 16.7. The van der Waals surface area contributed by atoms with Crippen LogP contribution in [0.25, 0.3) is 0 Å². The Morgan fingerprint density at radius 1 is 1.00 bits per heavy atom. The highest BCUT2D eigenvalue weighted by Crippen LogP contribution is 2.40. The van der Waals surface area contributed by atoms with Gasteiger partial charge in [-0.15, -0.1) is 0 Å². The number of nitrogens with zero attached hydrogens (tertiary/aromatic N) is 2. The number of benzene rings is 2. The highest BCUT2D eigenvalue weighted by molar-refractivity contribution is 6.61. The van der Waals surface area contributed by atoms with Crippen LogP contribution in [0.2, 0.25) is 0 Å². The van der Waals surface area contributed by atoms with E-state index in [-0.39, 0.29) is 18.0 Å².